The molecule has 1 aliphatic heterocycles. The van der Waals surface area contributed by atoms with Crippen LogP contribution < -0.4 is 20.5 Å². The molecule has 0 bridgehead atoms. The lowest BCUT2D eigenvalue weighted by molar-refractivity contribution is -0.116. The molecule has 5 nitrogen and oxygen atoms in total. The number of hydrogen-bond acceptors (Lipinski definition) is 4. The molecule has 0 saturated carbocycles. The second kappa shape index (κ2) is 6.26. The second-order valence-corrected chi connectivity index (χ2v) is 4.15. The Kier molecular flexibility index (Phi) is 4.41. The highest BCUT2D eigenvalue weighted by Crippen LogP contribution is 2.32. The number of anilines is 1. The summed E-state index contributed by atoms with van der Waals surface area (Å²) in [6.07, 6.45) is 1.99. The van der Waals surface area contributed by atoms with E-state index in [1.54, 1.807) is 6.07 Å². The lowest BCUT2D eigenvalue weighted by atomic mass is 10.2. The predicted molar refractivity (Wildman–Crippen MR) is 69.0 cm³/mol. The van der Waals surface area contributed by atoms with E-state index < -0.39 is 0 Å². The van der Waals surface area contributed by atoms with Crippen molar-refractivity contribution >= 4 is 11.6 Å². The van der Waals surface area contributed by atoms with E-state index >= 15 is 0 Å². The van der Waals surface area contributed by atoms with Crippen LogP contribution in [0.3, 0.4) is 0 Å². The lowest BCUT2D eigenvalue weighted by Crippen LogP contribution is -2.13. The lowest BCUT2D eigenvalue weighted by Gasteiger charge is -2.10. The quantitative estimate of drug-likeness (QED) is 0.849. The molecule has 98 valence electrons. The third-order valence-electron chi connectivity index (χ3n) is 2.64. The van der Waals surface area contributed by atoms with Crippen molar-refractivity contribution in [2.45, 2.75) is 19.3 Å². The summed E-state index contributed by atoms with van der Waals surface area (Å²) in [6.45, 7) is 1.82. The summed E-state index contributed by atoms with van der Waals surface area (Å²) in [6, 6.07) is 5.42. The third kappa shape index (κ3) is 3.37. The standard InChI is InChI=1S/C13H18N2O3/c14-6-1-3-13(16)15-10-4-5-11-12(9-10)18-8-2-7-17-11/h4-5,9H,1-3,6-8,14H2,(H,15,16). The molecule has 0 fully saturated rings. The largest absolute Gasteiger partial charge is 0.490 e. The summed E-state index contributed by atoms with van der Waals surface area (Å²) in [7, 11) is 0. The Morgan fingerprint density at radius 3 is 2.83 bits per heavy atom. The Morgan fingerprint density at radius 1 is 1.28 bits per heavy atom. The molecule has 3 N–H and O–H groups in total. The van der Waals surface area contributed by atoms with Crippen LogP contribution in [0.1, 0.15) is 19.3 Å². The van der Waals surface area contributed by atoms with Gasteiger partial charge in [0.1, 0.15) is 0 Å². The van der Waals surface area contributed by atoms with Gasteiger partial charge in [0.2, 0.25) is 5.91 Å². The Balaban J connectivity index is 2.01. The number of fused-ring (bicyclic) bond motifs is 1. The van der Waals surface area contributed by atoms with Crippen molar-refractivity contribution in [3.63, 3.8) is 0 Å². The fourth-order valence-corrected chi connectivity index (χ4v) is 1.73. The minimum Gasteiger partial charge on any atom is -0.490 e. The zero-order chi connectivity index (χ0) is 12.8. The first kappa shape index (κ1) is 12.7. The van der Waals surface area contributed by atoms with Crippen LogP contribution in [0, 0.1) is 0 Å². The van der Waals surface area contributed by atoms with Crippen LogP contribution in [-0.4, -0.2) is 25.7 Å². The third-order valence-corrected chi connectivity index (χ3v) is 2.64. The van der Waals surface area contributed by atoms with E-state index in [1.165, 1.54) is 0 Å². The monoisotopic (exact) mass is 250 g/mol. The first-order valence-electron chi connectivity index (χ1n) is 6.19. The first-order chi connectivity index (χ1) is 8.79. The molecule has 0 aromatic heterocycles. The number of hydrogen-bond donors (Lipinski definition) is 2. The van der Waals surface area contributed by atoms with Crippen molar-refractivity contribution in [1.82, 2.24) is 0 Å². The Hall–Kier alpha value is -1.75. The van der Waals surface area contributed by atoms with Gasteiger partial charge in [-0.1, -0.05) is 0 Å². The van der Waals surface area contributed by atoms with Crippen LogP contribution >= 0.6 is 0 Å². The molecule has 0 atom stereocenters. The smallest absolute Gasteiger partial charge is 0.224 e. The van der Waals surface area contributed by atoms with Gasteiger partial charge in [-0.3, -0.25) is 4.79 Å². The van der Waals surface area contributed by atoms with Crippen molar-refractivity contribution in [3.8, 4) is 11.5 Å². The van der Waals surface area contributed by atoms with E-state index in [2.05, 4.69) is 5.32 Å². The molecule has 0 spiro atoms. The van der Waals surface area contributed by atoms with Gasteiger partial charge in [0.05, 0.1) is 13.2 Å². The number of nitrogens with one attached hydrogen (secondary N) is 1. The first-order valence-corrected chi connectivity index (χ1v) is 6.19. The maximum atomic E-state index is 11.6. The number of benzene rings is 1. The molecule has 1 aliphatic rings. The maximum absolute atomic E-state index is 11.6. The van der Waals surface area contributed by atoms with Gasteiger partial charge in [0, 0.05) is 24.6 Å². The molecular weight excluding hydrogens is 232 g/mol. The molecule has 2 rings (SSSR count). The Labute approximate surface area is 106 Å². The maximum Gasteiger partial charge on any atom is 0.224 e. The van der Waals surface area contributed by atoms with Gasteiger partial charge in [-0.2, -0.15) is 0 Å². The Bertz CT molecular complexity index is 421. The molecule has 18 heavy (non-hydrogen) atoms. The summed E-state index contributed by atoms with van der Waals surface area (Å²) >= 11 is 0. The topological polar surface area (TPSA) is 73.6 Å². The van der Waals surface area contributed by atoms with Crippen molar-refractivity contribution in [2.75, 3.05) is 25.1 Å². The van der Waals surface area contributed by atoms with E-state index in [-0.39, 0.29) is 5.91 Å². The normalized spacial score (nSPS) is 13.8. The molecule has 5 heteroatoms. The van der Waals surface area contributed by atoms with Crippen LogP contribution in [0.4, 0.5) is 5.69 Å². The van der Waals surface area contributed by atoms with Crippen LogP contribution in [0.15, 0.2) is 18.2 Å². The highest BCUT2D eigenvalue weighted by molar-refractivity contribution is 5.91. The van der Waals surface area contributed by atoms with E-state index in [4.69, 9.17) is 15.2 Å². The highest BCUT2D eigenvalue weighted by Gasteiger charge is 2.11. The van der Waals surface area contributed by atoms with Crippen molar-refractivity contribution in [2.24, 2.45) is 5.73 Å². The Morgan fingerprint density at radius 2 is 2.06 bits per heavy atom. The van der Waals surface area contributed by atoms with Crippen molar-refractivity contribution in [3.05, 3.63) is 18.2 Å². The number of carbonyl (C=O) groups is 1. The van der Waals surface area contributed by atoms with E-state index in [0.717, 1.165) is 17.9 Å². The van der Waals surface area contributed by atoms with Gasteiger partial charge in [0.15, 0.2) is 11.5 Å². The summed E-state index contributed by atoms with van der Waals surface area (Å²) < 4.78 is 11.1. The average Bonchev–Trinajstić information content (AvgIpc) is 2.61. The van der Waals surface area contributed by atoms with Gasteiger partial charge in [-0.15, -0.1) is 0 Å². The van der Waals surface area contributed by atoms with Gasteiger partial charge >= 0.3 is 0 Å². The second-order valence-electron chi connectivity index (χ2n) is 4.15. The van der Waals surface area contributed by atoms with Crippen LogP contribution in [-0.2, 0) is 4.79 Å². The number of ether oxygens (including phenoxy) is 2. The SMILES string of the molecule is NCCCC(=O)Nc1ccc2c(c1)OCCCO2. The predicted octanol–water partition coefficient (Wildman–Crippen LogP) is 1.53. The number of carbonyl (C=O) groups excluding carboxylic acids is 1. The zero-order valence-electron chi connectivity index (χ0n) is 10.3. The molecular formula is C13H18N2O3. The average molecular weight is 250 g/mol. The van der Waals surface area contributed by atoms with E-state index in [1.807, 2.05) is 12.1 Å². The molecule has 1 heterocycles. The minimum absolute atomic E-state index is 0.0325. The molecule has 1 amide bonds. The summed E-state index contributed by atoms with van der Waals surface area (Å²) in [5, 5.41) is 2.82. The van der Waals surface area contributed by atoms with Crippen LogP contribution in [0.2, 0.25) is 0 Å². The van der Waals surface area contributed by atoms with E-state index in [0.29, 0.717) is 38.3 Å². The summed E-state index contributed by atoms with van der Waals surface area (Å²) in [5.41, 5.74) is 6.09. The van der Waals surface area contributed by atoms with Gasteiger partial charge < -0.3 is 20.5 Å². The summed E-state index contributed by atoms with van der Waals surface area (Å²) in [5.74, 6) is 1.38. The van der Waals surface area contributed by atoms with Crippen LogP contribution in [0.5, 0.6) is 11.5 Å². The minimum atomic E-state index is -0.0325. The molecule has 1 aromatic rings. The number of rotatable bonds is 4. The van der Waals surface area contributed by atoms with Crippen molar-refractivity contribution < 1.29 is 14.3 Å². The summed E-state index contributed by atoms with van der Waals surface area (Å²) in [4.78, 5) is 11.6. The van der Waals surface area contributed by atoms with Gasteiger partial charge in [0.25, 0.3) is 0 Å². The van der Waals surface area contributed by atoms with E-state index in [9.17, 15) is 4.79 Å². The van der Waals surface area contributed by atoms with Gasteiger partial charge in [-0.05, 0) is 25.1 Å². The fourth-order valence-electron chi connectivity index (χ4n) is 1.73. The van der Waals surface area contributed by atoms with Gasteiger partial charge in [-0.25, -0.2) is 0 Å². The molecule has 1 aromatic carbocycles. The zero-order valence-corrected chi connectivity index (χ0v) is 10.3. The molecule has 0 radical (unpaired) electrons. The fraction of sp³-hybridized carbons (Fsp3) is 0.462. The highest BCUT2D eigenvalue weighted by atomic mass is 16.5. The number of amides is 1. The molecule has 0 unspecified atom stereocenters. The van der Waals surface area contributed by atoms with Crippen molar-refractivity contribution in [1.29, 1.82) is 0 Å². The van der Waals surface area contributed by atoms with Crippen LogP contribution in [0.25, 0.3) is 0 Å². The number of nitrogens with two attached hydrogens (primary N) is 1. The molecule has 0 aliphatic carbocycles. The molecule has 0 saturated heterocycles.